The molecule has 6 N–H and O–H groups in total. The summed E-state index contributed by atoms with van der Waals surface area (Å²) in [6.07, 6.45) is 3.07. The lowest BCUT2D eigenvalue weighted by atomic mass is 9.93. The minimum Gasteiger partial charge on any atom is -0.493 e. The zero-order valence-electron chi connectivity index (χ0n) is 27.2. The number of fused-ring (bicyclic) bond motifs is 3. The monoisotopic (exact) mass is 669 g/mol. The molecule has 2 aromatic heterocycles. The van der Waals surface area contributed by atoms with E-state index in [2.05, 4.69) is 20.9 Å². The third-order valence-corrected chi connectivity index (χ3v) is 9.06. The van der Waals surface area contributed by atoms with E-state index in [1.54, 1.807) is 25.1 Å². The molecule has 5 rings (SSSR count). The SMILES string of the molecule is CCCCNC(=O)c1cc(CN)cc(C)c1NC(=O)c1cc2c(cc1-c1ccc(C(=O)NCCC)nc1C(=O)O)OCCc1ccsc1-2. The Labute approximate surface area is 282 Å². The van der Waals surface area contributed by atoms with Crippen molar-refractivity contribution < 1.29 is 29.0 Å². The standard InChI is InChI=1S/C36H39N5O6S/c1-4-6-12-39-33(42)27-16-21(19-37)15-20(3)30(27)41-34(43)25-17-26-29(47-13-9-22-10-14-48-32(22)26)18-24(25)23-7-8-28(35(44)38-11-5-2)40-31(23)36(45)46/h7-8,10,14-18H,4-6,9,11-13,19,37H2,1-3H3,(H,38,44)(H,39,42)(H,41,43)(H,45,46). The first-order valence-corrected chi connectivity index (χ1v) is 16.9. The van der Waals surface area contributed by atoms with Gasteiger partial charge in [0.1, 0.15) is 11.4 Å². The third-order valence-electron chi connectivity index (χ3n) is 8.07. The minimum atomic E-state index is -1.36. The summed E-state index contributed by atoms with van der Waals surface area (Å²) in [5.74, 6) is -2.28. The number of hydrogen-bond acceptors (Lipinski definition) is 8. The molecule has 4 aromatic rings. The van der Waals surface area contributed by atoms with Crippen molar-refractivity contribution in [2.75, 3.05) is 25.0 Å². The van der Waals surface area contributed by atoms with E-state index in [-0.39, 0.29) is 40.4 Å². The molecular weight excluding hydrogens is 630 g/mol. The van der Waals surface area contributed by atoms with Gasteiger partial charge in [0.25, 0.3) is 17.7 Å². The van der Waals surface area contributed by atoms with Crippen molar-refractivity contribution in [2.45, 2.75) is 53.0 Å². The lowest BCUT2D eigenvalue weighted by molar-refractivity contribution is 0.0690. The summed E-state index contributed by atoms with van der Waals surface area (Å²) < 4.78 is 6.13. The first-order chi connectivity index (χ1) is 23.2. The molecule has 0 aliphatic carbocycles. The number of unbranched alkanes of at least 4 members (excludes halogenated alkanes) is 1. The van der Waals surface area contributed by atoms with Crippen LogP contribution in [0.2, 0.25) is 0 Å². The van der Waals surface area contributed by atoms with E-state index in [9.17, 15) is 24.3 Å². The molecule has 0 bridgehead atoms. The van der Waals surface area contributed by atoms with E-state index in [4.69, 9.17) is 10.5 Å². The number of carboxylic acids is 1. The van der Waals surface area contributed by atoms with Crippen molar-refractivity contribution in [2.24, 2.45) is 5.73 Å². The van der Waals surface area contributed by atoms with Crippen molar-refractivity contribution in [3.05, 3.63) is 87.0 Å². The Bertz CT molecular complexity index is 1880. The Morgan fingerprint density at radius 1 is 0.917 bits per heavy atom. The van der Waals surface area contributed by atoms with Crippen molar-refractivity contribution in [3.8, 4) is 27.3 Å². The zero-order chi connectivity index (χ0) is 34.4. The van der Waals surface area contributed by atoms with Crippen LogP contribution in [0, 0.1) is 6.92 Å². The van der Waals surface area contributed by atoms with Crippen molar-refractivity contribution in [3.63, 3.8) is 0 Å². The Morgan fingerprint density at radius 3 is 2.44 bits per heavy atom. The fourth-order valence-corrected chi connectivity index (χ4v) is 6.58. The van der Waals surface area contributed by atoms with Crippen molar-refractivity contribution in [1.82, 2.24) is 15.6 Å². The van der Waals surface area contributed by atoms with Gasteiger partial charge < -0.3 is 31.5 Å². The molecule has 48 heavy (non-hydrogen) atoms. The molecule has 0 unspecified atom stereocenters. The Morgan fingerprint density at radius 2 is 1.71 bits per heavy atom. The number of nitrogens with two attached hydrogens (primary N) is 1. The van der Waals surface area contributed by atoms with E-state index in [1.807, 2.05) is 31.4 Å². The number of carbonyl (C=O) groups is 4. The number of aryl methyl sites for hydroxylation is 1. The largest absolute Gasteiger partial charge is 0.493 e. The van der Waals surface area contributed by atoms with Gasteiger partial charge in [-0.25, -0.2) is 9.78 Å². The minimum absolute atomic E-state index is 0.0563. The molecule has 12 heteroatoms. The molecule has 0 saturated carbocycles. The summed E-state index contributed by atoms with van der Waals surface area (Å²) >= 11 is 1.52. The summed E-state index contributed by atoms with van der Waals surface area (Å²) in [5.41, 5.74) is 9.75. The van der Waals surface area contributed by atoms with Crippen LogP contribution in [-0.2, 0) is 13.0 Å². The average Bonchev–Trinajstić information content (AvgIpc) is 3.48. The van der Waals surface area contributed by atoms with Crippen LogP contribution in [0.5, 0.6) is 5.75 Å². The number of nitrogens with zero attached hydrogens (tertiary/aromatic N) is 1. The second-order valence-corrected chi connectivity index (χ2v) is 12.4. The molecule has 2 aromatic carbocycles. The molecule has 250 valence electrons. The van der Waals surface area contributed by atoms with Crippen LogP contribution >= 0.6 is 11.3 Å². The predicted octanol–water partition coefficient (Wildman–Crippen LogP) is 5.80. The van der Waals surface area contributed by atoms with Gasteiger partial charge in [0, 0.05) is 53.2 Å². The van der Waals surface area contributed by atoms with Gasteiger partial charge in [0.2, 0.25) is 0 Å². The number of amides is 3. The van der Waals surface area contributed by atoms with Gasteiger partial charge in [0.05, 0.1) is 17.9 Å². The summed E-state index contributed by atoms with van der Waals surface area (Å²) in [4.78, 5) is 58.2. The second kappa shape index (κ2) is 15.2. The van der Waals surface area contributed by atoms with Gasteiger partial charge in [-0.2, -0.15) is 0 Å². The molecule has 3 heterocycles. The Hall–Kier alpha value is -5.07. The maximum atomic E-state index is 14.4. The molecule has 0 fully saturated rings. The quantitative estimate of drug-likeness (QED) is 0.118. The van der Waals surface area contributed by atoms with Gasteiger partial charge in [-0.3, -0.25) is 14.4 Å². The summed E-state index contributed by atoms with van der Waals surface area (Å²) in [6, 6.07) is 11.8. The molecule has 1 aliphatic heterocycles. The topological polar surface area (TPSA) is 173 Å². The Balaban J connectivity index is 1.67. The number of pyridine rings is 1. The van der Waals surface area contributed by atoms with E-state index < -0.39 is 23.5 Å². The number of aromatic nitrogens is 1. The Kier molecular flexibility index (Phi) is 10.9. The first kappa shape index (κ1) is 34.3. The number of anilines is 1. The maximum absolute atomic E-state index is 14.4. The number of thiophene rings is 1. The van der Waals surface area contributed by atoms with Crippen LogP contribution in [0.4, 0.5) is 5.69 Å². The average molecular weight is 670 g/mol. The fourth-order valence-electron chi connectivity index (χ4n) is 5.60. The molecule has 0 atom stereocenters. The highest BCUT2D eigenvalue weighted by molar-refractivity contribution is 7.13. The summed E-state index contributed by atoms with van der Waals surface area (Å²) in [6.45, 7) is 7.21. The maximum Gasteiger partial charge on any atom is 0.355 e. The zero-order valence-corrected chi connectivity index (χ0v) is 28.0. The number of hydrogen-bond donors (Lipinski definition) is 5. The van der Waals surface area contributed by atoms with Crippen LogP contribution in [-0.4, -0.2) is 53.5 Å². The van der Waals surface area contributed by atoms with E-state index in [1.165, 1.54) is 23.5 Å². The molecule has 0 spiro atoms. The molecule has 0 saturated heterocycles. The lowest BCUT2D eigenvalue weighted by Gasteiger charge is -2.19. The molecule has 3 amide bonds. The van der Waals surface area contributed by atoms with E-state index >= 15 is 0 Å². The van der Waals surface area contributed by atoms with Crippen LogP contribution in [0.15, 0.2) is 47.8 Å². The van der Waals surface area contributed by atoms with Crippen molar-refractivity contribution in [1.29, 1.82) is 0 Å². The van der Waals surface area contributed by atoms with Crippen LogP contribution in [0.25, 0.3) is 21.6 Å². The van der Waals surface area contributed by atoms with Gasteiger partial charge >= 0.3 is 5.97 Å². The van der Waals surface area contributed by atoms with E-state index in [0.717, 1.165) is 28.8 Å². The van der Waals surface area contributed by atoms with Crippen molar-refractivity contribution >= 4 is 40.7 Å². The smallest absolute Gasteiger partial charge is 0.355 e. The van der Waals surface area contributed by atoms with Gasteiger partial charge in [-0.1, -0.05) is 26.3 Å². The highest BCUT2D eigenvalue weighted by Gasteiger charge is 2.27. The van der Waals surface area contributed by atoms with E-state index in [0.29, 0.717) is 55.1 Å². The highest BCUT2D eigenvalue weighted by Crippen LogP contribution is 2.43. The summed E-state index contributed by atoms with van der Waals surface area (Å²) in [7, 11) is 0. The van der Waals surface area contributed by atoms with Crippen LogP contribution in [0.3, 0.4) is 0 Å². The first-order valence-electron chi connectivity index (χ1n) is 16.0. The second-order valence-electron chi connectivity index (χ2n) is 11.5. The number of aromatic carboxylic acids is 1. The van der Waals surface area contributed by atoms with Crippen LogP contribution < -0.4 is 26.4 Å². The van der Waals surface area contributed by atoms with Gasteiger partial charge in [-0.05, 0) is 78.2 Å². The predicted molar refractivity (Wildman–Crippen MR) is 186 cm³/mol. The number of rotatable bonds is 12. The lowest BCUT2D eigenvalue weighted by Crippen LogP contribution is -2.27. The third kappa shape index (κ3) is 7.24. The summed E-state index contributed by atoms with van der Waals surface area (Å²) in [5, 5.41) is 20.8. The molecule has 11 nitrogen and oxygen atoms in total. The number of carbonyl (C=O) groups excluding carboxylic acids is 3. The molecule has 1 aliphatic rings. The highest BCUT2D eigenvalue weighted by atomic mass is 32.1. The fraction of sp³-hybridized carbons (Fsp3) is 0.306. The van der Waals surface area contributed by atoms with Crippen LogP contribution in [0.1, 0.15) is 91.5 Å². The number of benzene rings is 2. The number of ether oxygens (including phenoxy) is 1. The molecular formula is C36H39N5O6S. The molecule has 0 radical (unpaired) electrons. The number of nitrogens with one attached hydrogen (secondary N) is 3. The normalized spacial score (nSPS) is 11.8. The van der Waals surface area contributed by atoms with Gasteiger partial charge in [0.15, 0.2) is 5.69 Å². The van der Waals surface area contributed by atoms with Gasteiger partial charge in [-0.15, -0.1) is 11.3 Å². The number of carboxylic acid groups (broad SMARTS) is 1.